The standard InChI is InChI=1S/C31H34N2O5/c1-22(34)38-30-20-23(8-14-29(30)36-3)9-15-31(35)32-28-7-5-4-6-26(28)21-37-27-12-10-24(11-13-27)25-16-18-33(2)19-17-25/h4-15,20,25H,16-19,21H2,1-3H3,(H,32,35)/b15-9+. The molecule has 1 fully saturated rings. The number of nitrogens with zero attached hydrogens (tertiary/aromatic N) is 1. The second kappa shape index (κ2) is 12.9. The molecule has 4 rings (SSSR count). The van der Waals surface area contributed by atoms with Crippen molar-refractivity contribution in [3.05, 3.63) is 89.5 Å². The second-order valence-corrected chi connectivity index (χ2v) is 9.42. The number of methoxy groups -OCH3 is 1. The van der Waals surface area contributed by atoms with Crippen molar-refractivity contribution in [3.8, 4) is 17.2 Å². The minimum absolute atomic E-state index is 0.287. The zero-order valence-electron chi connectivity index (χ0n) is 22.1. The highest BCUT2D eigenvalue weighted by molar-refractivity contribution is 6.02. The van der Waals surface area contributed by atoms with Crippen molar-refractivity contribution in [1.82, 2.24) is 4.90 Å². The number of nitrogens with one attached hydrogen (secondary N) is 1. The molecule has 0 bridgehead atoms. The van der Waals surface area contributed by atoms with Crippen LogP contribution >= 0.6 is 0 Å². The smallest absolute Gasteiger partial charge is 0.308 e. The number of likely N-dealkylation sites (tertiary alicyclic amines) is 1. The van der Waals surface area contributed by atoms with E-state index < -0.39 is 5.97 Å². The van der Waals surface area contributed by atoms with Gasteiger partial charge in [-0.1, -0.05) is 36.4 Å². The van der Waals surface area contributed by atoms with Gasteiger partial charge >= 0.3 is 5.97 Å². The molecule has 1 aliphatic rings. The molecule has 0 spiro atoms. The van der Waals surface area contributed by atoms with Crippen molar-refractivity contribution >= 4 is 23.6 Å². The van der Waals surface area contributed by atoms with Crippen LogP contribution in [0.15, 0.2) is 72.8 Å². The summed E-state index contributed by atoms with van der Waals surface area (Å²) < 4.78 is 16.4. The van der Waals surface area contributed by atoms with Gasteiger partial charge in [0.2, 0.25) is 5.91 Å². The Bertz CT molecular complexity index is 1280. The Hall–Kier alpha value is -4.10. The Morgan fingerprint density at radius 3 is 2.45 bits per heavy atom. The highest BCUT2D eigenvalue weighted by Crippen LogP contribution is 2.30. The minimum atomic E-state index is -0.450. The number of esters is 1. The van der Waals surface area contributed by atoms with Crippen molar-refractivity contribution < 1.29 is 23.8 Å². The van der Waals surface area contributed by atoms with Crippen molar-refractivity contribution in [1.29, 1.82) is 0 Å². The highest BCUT2D eigenvalue weighted by Gasteiger charge is 2.18. The molecule has 0 atom stereocenters. The zero-order valence-corrected chi connectivity index (χ0v) is 22.1. The molecule has 0 saturated carbocycles. The van der Waals surface area contributed by atoms with E-state index in [1.54, 1.807) is 24.3 Å². The largest absolute Gasteiger partial charge is 0.493 e. The molecule has 1 aliphatic heterocycles. The molecule has 1 saturated heterocycles. The first kappa shape index (κ1) is 26.9. The van der Waals surface area contributed by atoms with Gasteiger partial charge in [-0.3, -0.25) is 9.59 Å². The van der Waals surface area contributed by atoms with Gasteiger partial charge in [-0.05, 0) is 86.4 Å². The van der Waals surface area contributed by atoms with E-state index >= 15 is 0 Å². The summed E-state index contributed by atoms with van der Waals surface area (Å²) in [6.07, 6.45) is 5.44. The molecule has 0 unspecified atom stereocenters. The fraction of sp³-hybridized carbons (Fsp3) is 0.290. The SMILES string of the molecule is COc1ccc(/C=C/C(=O)Nc2ccccc2COc2ccc(C3CCN(C)CC3)cc2)cc1OC(C)=O. The van der Waals surface area contributed by atoms with Crippen LogP contribution in [0, 0.1) is 0 Å². The molecule has 0 radical (unpaired) electrons. The molecule has 0 aliphatic carbocycles. The molecule has 198 valence electrons. The third-order valence-electron chi connectivity index (χ3n) is 6.61. The summed E-state index contributed by atoms with van der Waals surface area (Å²) >= 11 is 0. The first-order chi connectivity index (χ1) is 18.4. The van der Waals surface area contributed by atoms with Crippen molar-refractivity contribution in [2.24, 2.45) is 0 Å². The predicted molar refractivity (Wildman–Crippen MR) is 149 cm³/mol. The van der Waals surface area contributed by atoms with Crippen LogP contribution in [0.25, 0.3) is 6.08 Å². The van der Waals surface area contributed by atoms with Gasteiger partial charge in [0.25, 0.3) is 0 Å². The van der Waals surface area contributed by atoms with Crippen LogP contribution < -0.4 is 19.5 Å². The summed E-state index contributed by atoms with van der Waals surface area (Å²) in [5.41, 5.74) is 3.61. The molecule has 7 nitrogen and oxygen atoms in total. The van der Waals surface area contributed by atoms with Crippen LogP contribution in [-0.4, -0.2) is 44.0 Å². The lowest BCUT2D eigenvalue weighted by atomic mass is 9.90. The van der Waals surface area contributed by atoms with Crippen LogP contribution in [0.2, 0.25) is 0 Å². The summed E-state index contributed by atoms with van der Waals surface area (Å²) in [4.78, 5) is 26.4. The number of hydrogen-bond acceptors (Lipinski definition) is 6. The number of anilines is 1. The van der Waals surface area contributed by atoms with Crippen molar-refractivity contribution in [2.45, 2.75) is 32.3 Å². The maximum absolute atomic E-state index is 12.7. The number of amides is 1. The van der Waals surface area contributed by atoms with Crippen LogP contribution in [0.4, 0.5) is 5.69 Å². The lowest BCUT2D eigenvalue weighted by Gasteiger charge is -2.29. The third-order valence-corrected chi connectivity index (χ3v) is 6.61. The van der Waals surface area contributed by atoms with Crippen molar-refractivity contribution in [3.63, 3.8) is 0 Å². The van der Waals surface area contributed by atoms with Gasteiger partial charge in [-0.2, -0.15) is 0 Å². The van der Waals surface area contributed by atoms with Gasteiger partial charge in [0, 0.05) is 24.3 Å². The number of carbonyl (C=O) groups excluding carboxylic acids is 2. The molecule has 1 heterocycles. The highest BCUT2D eigenvalue weighted by atomic mass is 16.6. The molecule has 3 aromatic carbocycles. The molecule has 1 N–H and O–H groups in total. The van der Waals surface area contributed by atoms with Crippen molar-refractivity contribution in [2.75, 3.05) is 32.6 Å². The summed E-state index contributed by atoms with van der Waals surface area (Å²) in [5.74, 6) is 1.40. The summed E-state index contributed by atoms with van der Waals surface area (Å²) in [6.45, 7) is 3.92. The number of rotatable bonds is 9. The first-order valence-electron chi connectivity index (χ1n) is 12.8. The first-order valence-corrected chi connectivity index (χ1v) is 12.8. The Balaban J connectivity index is 1.35. The summed E-state index contributed by atoms with van der Waals surface area (Å²) in [6, 6.07) is 21.0. The van der Waals surface area contributed by atoms with E-state index in [9.17, 15) is 9.59 Å². The molecular weight excluding hydrogens is 480 g/mol. The van der Waals surface area contributed by atoms with E-state index in [4.69, 9.17) is 14.2 Å². The maximum atomic E-state index is 12.7. The molecular formula is C31H34N2O5. The van der Waals surface area contributed by atoms with Crippen LogP contribution in [0.1, 0.15) is 42.4 Å². The lowest BCUT2D eigenvalue weighted by molar-refractivity contribution is -0.132. The van der Waals surface area contributed by atoms with E-state index in [1.807, 2.05) is 36.4 Å². The normalized spacial score (nSPS) is 14.3. The number of hydrogen-bond donors (Lipinski definition) is 1. The quantitative estimate of drug-likeness (QED) is 0.226. The summed E-state index contributed by atoms with van der Waals surface area (Å²) in [5, 5.41) is 2.92. The van der Waals surface area contributed by atoms with Crippen LogP contribution in [-0.2, 0) is 16.2 Å². The van der Waals surface area contributed by atoms with E-state index in [-0.39, 0.29) is 5.91 Å². The van der Waals surface area contributed by atoms with Gasteiger partial charge < -0.3 is 24.4 Å². The van der Waals surface area contributed by atoms with E-state index in [0.717, 1.165) is 24.4 Å². The number of para-hydroxylation sites is 1. The average Bonchev–Trinajstić information content (AvgIpc) is 2.92. The monoisotopic (exact) mass is 514 g/mol. The van der Waals surface area contributed by atoms with Gasteiger partial charge in [0.05, 0.1) is 7.11 Å². The lowest BCUT2D eigenvalue weighted by Crippen LogP contribution is -2.29. The van der Waals surface area contributed by atoms with Gasteiger partial charge in [0.15, 0.2) is 11.5 Å². The summed E-state index contributed by atoms with van der Waals surface area (Å²) in [7, 11) is 3.67. The third kappa shape index (κ3) is 7.46. The molecule has 1 amide bonds. The molecule has 0 aromatic heterocycles. The minimum Gasteiger partial charge on any atom is -0.493 e. The van der Waals surface area contributed by atoms with E-state index in [1.165, 1.54) is 38.5 Å². The Morgan fingerprint density at radius 2 is 1.74 bits per heavy atom. The number of ether oxygens (including phenoxy) is 3. The Labute approximate surface area is 224 Å². The molecule has 38 heavy (non-hydrogen) atoms. The maximum Gasteiger partial charge on any atom is 0.308 e. The van der Waals surface area contributed by atoms with E-state index in [2.05, 4.69) is 29.4 Å². The topological polar surface area (TPSA) is 77.1 Å². The van der Waals surface area contributed by atoms with Crippen LogP contribution in [0.5, 0.6) is 17.2 Å². The predicted octanol–water partition coefficient (Wildman–Crippen LogP) is 5.66. The second-order valence-electron chi connectivity index (χ2n) is 9.42. The zero-order chi connectivity index (χ0) is 26.9. The number of benzene rings is 3. The van der Waals surface area contributed by atoms with Gasteiger partial charge in [-0.25, -0.2) is 0 Å². The van der Waals surface area contributed by atoms with Gasteiger partial charge in [0.1, 0.15) is 12.4 Å². The molecule has 3 aromatic rings. The Morgan fingerprint density at radius 1 is 1.00 bits per heavy atom. The Kier molecular flexibility index (Phi) is 9.16. The molecule has 7 heteroatoms. The van der Waals surface area contributed by atoms with E-state index in [0.29, 0.717) is 35.3 Å². The number of carbonyl (C=O) groups is 2. The van der Waals surface area contributed by atoms with Gasteiger partial charge in [-0.15, -0.1) is 0 Å². The fourth-order valence-corrected chi connectivity index (χ4v) is 4.49. The average molecular weight is 515 g/mol. The number of piperidine rings is 1. The van der Waals surface area contributed by atoms with Crippen LogP contribution in [0.3, 0.4) is 0 Å². The fourth-order valence-electron chi connectivity index (χ4n) is 4.49.